The van der Waals surface area contributed by atoms with Gasteiger partial charge in [-0.25, -0.2) is 4.98 Å². The van der Waals surface area contributed by atoms with Gasteiger partial charge in [0.2, 0.25) is 0 Å². The lowest BCUT2D eigenvalue weighted by molar-refractivity contribution is -0.146. The third kappa shape index (κ3) is 6.45. The number of thiazole rings is 1. The van der Waals surface area contributed by atoms with Gasteiger partial charge in [-0.2, -0.15) is 0 Å². The summed E-state index contributed by atoms with van der Waals surface area (Å²) in [5.74, 6) is -0.973. The van der Waals surface area contributed by atoms with E-state index in [-0.39, 0.29) is 6.54 Å². The number of ether oxygens (including phenoxy) is 2. The van der Waals surface area contributed by atoms with Gasteiger partial charge in [0.1, 0.15) is 17.3 Å². The maximum atomic E-state index is 12.2. The first kappa shape index (κ1) is 24.9. The zero-order valence-corrected chi connectivity index (χ0v) is 20.7. The topological polar surface area (TPSA) is 107 Å². The van der Waals surface area contributed by atoms with Crippen LogP contribution in [0.2, 0.25) is 0 Å². The van der Waals surface area contributed by atoms with Crippen molar-refractivity contribution in [2.24, 2.45) is 0 Å². The van der Waals surface area contributed by atoms with Gasteiger partial charge in [0.05, 0.1) is 16.8 Å². The molecule has 1 heterocycles. The first-order chi connectivity index (χ1) is 17.4. The largest absolute Gasteiger partial charge is 0.494 e. The molecule has 0 saturated heterocycles. The smallest absolute Gasteiger partial charge is 0.325 e. The van der Waals surface area contributed by atoms with Crippen molar-refractivity contribution >= 4 is 45.0 Å². The number of fused-ring (bicyclic) bond motifs is 1. The summed E-state index contributed by atoms with van der Waals surface area (Å²) in [7, 11) is 0. The summed E-state index contributed by atoms with van der Waals surface area (Å²) in [5.41, 5.74) is 4.04. The van der Waals surface area contributed by atoms with Crippen LogP contribution in [0.3, 0.4) is 0 Å². The highest BCUT2D eigenvalue weighted by Crippen LogP contribution is 2.31. The first-order valence-corrected chi connectivity index (χ1v) is 12.2. The number of benzene rings is 3. The van der Waals surface area contributed by atoms with Gasteiger partial charge in [-0.05, 0) is 80.1 Å². The first-order valence-electron chi connectivity index (χ1n) is 11.4. The average molecular weight is 504 g/mol. The summed E-state index contributed by atoms with van der Waals surface area (Å²) >= 11 is 1.61. The van der Waals surface area contributed by atoms with Gasteiger partial charge in [-0.15, -0.1) is 11.3 Å². The molecule has 8 nitrogen and oxygen atoms in total. The highest BCUT2D eigenvalue weighted by Gasteiger charge is 2.12. The molecule has 0 radical (unpaired) electrons. The van der Waals surface area contributed by atoms with E-state index in [1.165, 1.54) is 5.56 Å². The average Bonchev–Trinajstić information content (AvgIpc) is 3.30. The number of anilines is 1. The standard InChI is InChI=1S/C27H25N3O5S/c1-3-34-21-11-7-18(8-12-21)26(33)28-15-25(32)35-16-24(31)29-20-9-5-19(6-10-20)27-30-22-13-4-17(2)14-23(22)36-27/h4-14H,3,15-16H2,1-2H3,(H,28,33)(H,29,31). The Morgan fingerprint density at radius 2 is 1.72 bits per heavy atom. The Bertz CT molecular complexity index is 1380. The van der Waals surface area contributed by atoms with Crippen LogP contribution < -0.4 is 15.4 Å². The van der Waals surface area contributed by atoms with Gasteiger partial charge < -0.3 is 20.1 Å². The molecule has 0 fully saturated rings. The van der Waals surface area contributed by atoms with E-state index in [0.29, 0.717) is 23.6 Å². The van der Waals surface area contributed by atoms with Gasteiger partial charge in [0.25, 0.3) is 11.8 Å². The number of hydrogen-bond acceptors (Lipinski definition) is 7. The maximum absolute atomic E-state index is 12.2. The zero-order valence-electron chi connectivity index (χ0n) is 19.9. The molecule has 2 amide bonds. The number of aryl methyl sites for hydroxylation is 1. The van der Waals surface area contributed by atoms with Crippen LogP contribution in [-0.2, 0) is 14.3 Å². The van der Waals surface area contributed by atoms with Crippen molar-refractivity contribution < 1.29 is 23.9 Å². The van der Waals surface area contributed by atoms with Crippen molar-refractivity contribution in [3.8, 4) is 16.3 Å². The van der Waals surface area contributed by atoms with Crippen LogP contribution in [0, 0.1) is 6.92 Å². The number of esters is 1. The molecule has 184 valence electrons. The maximum Gasteiger partial charge on any atom is 0.325 e. The second kappa shape index (κ2) is 11.5. The van der Waals surface area contributed by atoms with Gasteiger partial charge >= 0.3 is 5.97 Å². The summed E-state index contributed by atoms with van der Waals surface area (Å²) in [6, 6.07) is 20.0. The summed E-state index contributed by atoms with van der Waals surface area (Å²) in [5, 5.41) is 6.05. The molecule has 0 bridgehead atoms. The lowest BCUT2D eigenvalue weighted by atomic mass is 10.2. The van der Waals surface area contributed by atoms with E-state index in [9.17, 15) is 14.4 Å². The summed E-state index contributed by atoms with van der Waals surface area (Å²) in [6.07, 6.45) is 0. The number of amides is 2. The van der Waals surface area contributed by atoms with Crippen LogP contribution in [0.1, 0.15) is 22.8 Å². The van der Waals surface area contributed by atoms with Crippen LogP contribution in [0.4, 0.5) is 5.69 Å². The van der Waals surface area contributed by atoms with E-state index in [2.05, 4.69) is 21.7 Å². The van der Waals surface area contributed by atoms with Crippen LogP contribution in [0.5, 0.6) is 5.75 Å². The van der Waals surface area contributed by atoms with Crippen molar-refractivity contribution in [3.63, 3.8) is 0 Å². The molecule has 4 rings (SSSR count). The number of carbonyl (C=O) groups excluding carboxylic acids is 3. The van der Waals surface area contributed by atoms with Crippen LogP contribution in [0.15, 0.2) is 66.7 Å². The number of carbonyl (C=O) groups is 3. The summed E-state index contributed by atoms with van der Waals surface area (Å²) < 4.78 is 11.4. The fourth-order valence-electron chi connectivity index (χ4n) is 3.37. The fourth-order valence-corrected chi connectivity index (χ4v) is 4.44. The van der Waals surface area contributed by atoms with Crippen molar-refractivity contribution in [3.05, 3.63) is 77.9 Å². The van der Waals surface area contributed by atoms with E-state index < -0.39 is 24.4 Å². The minimum Gasteiger partial charge on any atom is -0.494 e. The van der Waals surface area contributed by atoms with Crippen molar-refractivity contribution in [2.45, 2.75) is 13.8 Å². The van der Waals surface area contributed by atoms with Crippen LogP contribution >= 0.6 is 11.3 Å². The number of nitrogens with zero attached hydrogens (tertiary/aromatic N) is 1. The molecule has 0 unspecified atom stereocenters. The Morgan fingerprint density at radius 1 is 0.972 bits per heavy atom. The molecule has 2 N–H and O–H groups in total. The van der Waals surface area contributed by atoms with Crippen molar-refractivity contribution in [1.29, 1.82) is 0 Å². The van der Waals surface area contributed by atoms with Crippen molar-refractivity contribution in [2.75, 3.05) is 25.1 Å². The van der Waals surface area contributed by atoms with Gasteiger partial charge in [0.15, 0.2) is 6.61 Å². The molecule has 0 aliphatic rings. The molecule has 0 aliphatic heterocycles. The third-order valence-corrected chi connectivity index (χ3v) is 6.21. The van der Waals surface area contributed by atoms with Gasteiger partial charge in [-0.3, -0.25) is 14.4 Å². The Balaban J connectivity index is 1.22. The highest BCUT2D eigenvalue weighted by molar-refractivity contribution is 7.21. The number of rotatable bonds is 9. The molecular formula is C27H25N3O5S. The Morgan fingerprint density at radius 3 is 2.44 bits per heavy atom. The summed E-state index contributed by atoms with van der Waals surface area (Å²) in [6.45, 7) is 3.63. The fraction of sp³-hybridized carbons (Fsp3) is 0.185. The molecule has 36 heavy (non-hydrogen) atoms. The molecule has 9 heteroatoms. The molecule has 3 aromatic carbocycles. The predicted octanol–water partition coefficient (Wildman–Crippen LogP) is 4.58. The van der Waals surface area contributed by atoms with E-state index >= 15 is 0 Å². The summed E-state index contributed by atoms with van der Waals surface area (Å²) in [4.78, 5) is 40.9. The van der Waals surface area contributed by atoms with Gasteiger partial charge in [-0.1, -0.05) is 6.07 Å². The van der Waals surface area contributed by atoms with E-state index in [4.69, 9.17) is 9.47 Å². The van der Waals surface area contributed by atoms with E-state index in [1.54, 1.807) is 47.7 Å². The second-order valence-electron chi connectivity index (χ2n) is 7.92. The molecule has 0 atom stereocenters. The van der Waals surface area contributed by atoms with E-state index in [0.717, 1.165) is 20.8 Å². The highest BCUT2D eigenvalue weighted by atomic mass is 32.1. The van der Waals surface area contributed by atoms with Crippen molar-refractivity contribution in [1.82, 2.24) is 10.3 Å². The molecule has 4 aromatic rings. The Kier molecular flexibility index (Phi) is 7.92. The lowest BCUT2D eigenvalue weighted by Crippen LogP contribution is -2.32. The number of nitrogens with one attached hydrogen (secondary N) is 2. The number of hydrogen-bond donors (Lipinski definition) is 2. The van der Waals surface area contributed by atoms with Crippen LogP contribution in [0.25, 0.3) is 20.8 Å². The number of aromatic nitrogens is 1. The quantitative estimate of drug-likeness (QED) is 0.324. The third-order valence-electron chi connectivity index (χ3n) is 5.14. The Hall–Kier alpha value is -4.24. The monoisotopic (exact) mass is 503 g/mol. The lowest BCUT2D eigenvalue weighted by Gasteiger charge is -2.08. The molecular weight excluding hydrogens is 478 g/mol. The molecule has 1 aromatic heterocycles. The predicted molar refractivity (Wildman–Crippen MR) is 139 cm³/mol. The van der Waals surface area contributed by atoms with Crippen LogP contribution in [-0.4, -0.2) is 42.5 Å². The molecule has 0 saturated carbocycles. The van der Waals surface area contributed by atoms with Gasteiger partial charge in [0, 0.05) is 16.8 Å². The Labute approximate surface area is 212 Å². The van der Waals surface area contributed by atoms with E-state index in [1.807, 2.05) is 38.1 Å². The molecule has 0 aliphatic carbocycles. The molecule has 0 spiro atoms. The SMILES string of the molecule is CCOc1ccc(C(=O)NCC(=O)OCC(=O)Nc2ccc(-c3nc4ccc(C)cc4s3)cc2)cc1. The minimum absolute atomic E-state index is 0.351. The normalized spacial score (nSPS) is 10.6. The second-order valence-corrected chi connectivity index (χ2v) is 8.95. The zero-order chi connectivity index (χ0) is 25.5. The minimum atomic E-state index is -0.717.